The van der Waals surface area contributed by atoms with Crippen molar-refractivity contribution in [3.63, 3.8) is 0 Å². The van der Waals surface area contributed by atoms with Gasteiger partial charge in [-0.2, -0.15) is 26.3 Å². The molecule has 0 aliphatic heterocycles. The van der Waals surface area contributed by atoms with Crippen molar-refractivity contribution in [3.05, 3.63) is 57.6 Å². The number of unbranched alkanes of at least 4 members (excludes halogenated alkanes) is 1. The molecule has 2 rings (SSSR count). The molecule has 0 saturated carbocycles. The number of rotatable bonds is 7. The number of hydrogen-bond donors (Lipinski definition) is 2. The lowest BCUT2D eigenvalue weighted by Crippen LogP contribution is -2.15. The van der Waals surface area contributed by atoms with E-state index >= 15 is 0 Å². The van der Waals surface area contributed by atoms with Crippen molar-refractivity contribution >= 4 is 46.4 Å². The van der Waals surface area contributed by atoms with Crippen LogP contribution < -0.4 is 10.6 Å². The van der Waals surface area contributed by atoms with Gasteiger partial charge in [-0.3, -0.25) is 9.59 Å². The van der Waals surface area contributed by atoms with E-state index in [-0.39, 0.29) is 47.1 Å². The summed E-state index contributed by atoms with van der Waals surface area (Å²) in [4.78, 5) is 23.9. The Morgan fingerprint density at radius 2 is 1.03 bits per heavy atom. The largest absolute Gasteiger partial charge is 0.416 e. The van der Waals surface area contributed by atoms with Crippen LogP contribution in [-0.4, -0.2) is 11.8 Å². The van der Waals surface area contributed by atoms with E-state index in [0.29, 0.717) is 12.1 Å². The first kappa shape index (κ1) is 25.8. The summed E-state index contributed by atoms with van der Waals surface area (Å²) < 4.78 is 76.6. The highest BCUT2D eigenvalue weighted by Gasteiger charge is 2.32. The van der Waals surface area contributed by atoms with Crippen LogP contribution in [0.4, 0.5) is 37.7 Å². The van der Waals surface area contributed by atoms with Crippen LogP contribution in [0.3, 0.4) is 0 Å². The fourth-order valence-corrected chi connectivity index (χ4v) is 2.92. The zero-order chi connectivity index (χ0) is 24.1. The number of halogens is 8. The highest BCUT2D eigenvalue weighted by Crippen LogP contribution is 2.35. The van der Waals surface area contributed by atoms with E-state index in [9.17, 15) is 35.9 Å². The predicted molar refractivity (Wildman–Crippen MR) is 109 cm³/mol. The summed E-state index contributed by atoms with van der Waals surface area (Å²) in [6.07, 6.45) is -9.01. The smallest absolute Gasteiger partial charge is 0.325 e. The molecular formula is C20H16Cl2F6N2O2. The topological polar surface area (TPSA) is 58.2 Å². The molecule has 2 amide bonds. The molecule has 2 aromatic rings. The first-order chi connectivity index (χ1) is 14.8. The molecule has 0 unspecified atom stereocenters. The van der Waals surface area contributed by atoms with Crippen molar-refractivity contribution in [2.45, 2.75) is 38.0 Å². The molecule has 0 aromatic heterocycles. The van der Waals surface area contributed by atoms with Crippen molar-refractivity contribution in [1.82, 2.24) is 0 Å². The molecule has 0 aliphatic carbocycles. The molecule has 0 radical (unpaired) electrons. The Kier molecular flexibility index (Phi) is 8.41. The molecule has 4 nitrogen and oxygen atoms in total. The van der Waals surface area contributed by atoms with Crippen LogP contribution in [0.2, 0.25) is 10.0 Å². The average molecular weight is 501 g/mol. The normalized spacial score (nSPS) is 11.9. The molecule has 0 aliphatic rings. The van der Waals surface area contributed by atoms with E-state index in [4.69, 9.17) is 23.2 Å². The third-order valence-corrected chi connectivity index (χ3v) is 4.85. The van der Waals surface area contributed by atoms with E-state index < -0.39 is 35.3 Å². The van der Waals surface area contributed by atoms with Gasteiger partial charge in [-0.15, -0.1) is 0 Å². The van der Waals surface area contributed by atoms with E-state index in [1.54, 1.807) is 0 Å². The highest BCUT2D eigenvalue weighted by molar-refractivity contribution is 6.34. The summed E-state index contributed by atoms with van der Waals surface area (Å²) in [7, 11) is 0. The predicted octanol–water partition coefficient (Wildman–Crippen LogP) is 7.17. The average Bonchev–Trinajstić information content (AvgIpc) is 2.67. The van der Waals surface area contributed by atoms with Crippen LogP contribution >= 0.6 is 23.2 Å². The molecule has 0 saturated heterocycles. The van der Waals surface area contributed by atoms with Crippen LogP contribution in [0.5, 0.6) is 0 Å². The van der Waals surface area contributed by atoms with Crippen LogP contribution in [-0.2, 0) is 21.9 Å². The lowest BCUT2D eigenvalue weighted by Gasteiger charge is -2.12. The van der Waals surface area contributed by atoms with Crippen molar-refractivity contribution < 1.29 is 35.9 Å². The van der Waals surface area contributed by atoms with Gasteiger partial charge in [0.1, 0.15) is 0 Å². The summed E-state index contributed by atoms with van der Waals surface area (Å²) in [6, 6.07) is 5.03. The number of carbonyl (C=O) groups excluding carboxylic acids is 2. The third-order valence-electron chi connectivity index (χ3n) is 4.19. The van der Waals surface area contributed by atoms with Crippen LogP contribution in [0.15, 0.2) is 36.4 Å². The second kappa shape index (κ2) is 10.4. The number of amides is 2. The van der Waals surface area contributed by atoms with Crippen molar-refractivity contribution in [3.8, 4) is 0 Å². The SMILES string of the molecule is O=C(CCCCC(=O)Nc1cc(C(F)(F)F)ccc1Cl)Nc1cc(C(F)(F)F)ccc1Cl. The van der Waals surface area contributed by atoms with E-state index in [1.165, 1.54) is 0 Å². The summed E-state index contributed by atoms with van der Waals surface area (Å²) in [5.74, 6) is -1.21. The molecule has 0 atom stereocenters. The molecule has 2 aromatic carbocycles. The second-order valence-corrected chi connectivity index (χ2v) is 7.50. The Morgan fingerprint density at radius 1 is 0.688 bits per heavy atom. The lowest BCUT2D eigenvalue weighted by atomic mass is 10.1. The van der Waals surface area contributed by atoms with Gasteiger partial charge in [-0.05, 0) is 49.2 Å². The fraction of sp³-hybridized carbons (Fsp3) is 0.300. The van der Waals surface area contributed by atoms with Crippen molar-refractivity contribution in [1.29, 1.82) is 0 Å². The minimum atomic E-state index is -4.60. The van der Waals surface area contributed by atoms with Gasteiger partial charge in [0.25, 0.3) is 0 Å². The van der Waals surface area contributed by atoms with Crippen molar-refractivity contribution in [2.75, 3.05) is 10.6 Å². The number of hydrogen-bond acceptors (Lipinski definition) is 2. The minimum absolute atomic E-state index is 0.0660. The van der Waals surface area contributed by atoms with Gasteiger partial charge in [-0.25, -0.2) is 0 Å². The molecule has 32 heavy (non-hydrogen) atoms. The first-order valence-electron chi connectivity index (χ1n) is 9.10. The Balaban J connectivity index is 1.83. The number of alkyl halides is 6. The maximum atomic E-state index is 12.8. The van der Waals surface area contributed by atoms with Crippen molar-refractivity contribution in [2.24, 2.45) is 0 Å². The molecule has 2 N–H and O–H groups in total. The fourth-order valence-electron chi connectivity index (χ4n) is 2.59. The van der Waals surface area contributed by atoms with Gasteiger partial charge in [0.05, 0.1) is 32.5 Å². The Morgan fingerprint density at radius 3 is 1.34 bits per heavy atom. The highest BCUT2D eigenvalue weighted by atomic mass is 35.5. The molecule has 0 spiro atoms. The van der Waals surface area contributed by atoms with Gasteiger partial charge in [0, 0.05) is 12.8 Å². The summed E-state index contributed by atoms with van der Waals surface area (Å²) in [5.41, 5.74) is -2.32. The van der Waals surface area contributed by atoms with Crippen LogP contribution in [0.25, 0.3) is 0 Å². The van der Waals surface area contributed by atoms with Crippen LogP contribution in [0, 0.1) is 0 Å². The Hall–Kier alpha value is -2.46. The lowest BCUT2D eigenvalue weighted by molar-refractivity contribution is -0.138. The van der Waals surface area contributed by atoms with E-state index in [0.717, 1.165) is 24.3 Å². The zero-order valence-electron chi connectivity index (χ0n) is 16.1. The Bertz CT molecular complexity index is 914. The molecule has 0 bridgehead atoms. The molecule has 174 valence electrons. The minimum Gasteiger partial charge on any atom is -0.325 e. The van der Waals surface area contributed by atoms with Gasteiger partial charge >= 0.3 is 12.4 Å². The summed E-state index contributed by atoms with van der Waals surface area (Å²) in [5, 5.41) is 4.43. The van der Waals surface area contributed by atoms with Gasteiger partial charge in [0.15, 0.2) is 0 Å². The number of benzene rings is 2. The number of carbonyl (C=O) groups is 2. The Labute approximate surface area is 188 Å². The molecule has 0 heterocycles. The number of anilines is 2. The number of nitrogens with one attached hydrogen (secondary N) is 2. The van der Waals surface area contributed by atoms with Crippen LogP contribution in [0.1, 0.15) is 36.8 Å². The van der Waals surface area contributed by atoms with E-state index in [2.05, 4.69) is 10.6 Å². The second-order valence-electron chi connectivity index (χ2n) is 6.69. The molecule has 12 heteroatoms. The first-order valence-corrected chi connectivity index (χ1v) is 9.86. The standard InChI is InChI=1S/C20H16Cl2F6N2O2/c21-13-7-5-11(19(23,24)25)9-15(13)29-17(31)3-1-2-4-18(32)30-16-10-12(20(26,27)28)6-8-14(16)22/h5-10H,1-4H2,(H,29,31)(H,30,32). The summed E-state index contributed by atoms with van der Waals surface area (Å²) in [6.45, 7) is 0. The van der Waals surface area contributed by atoms with E-state index in [1.807, 2.05) is 0 Å². The van der Waals surface area contributed by atoms with Gasteiger partial charge in [-0.1, -0.05) is 23.2 Å². The maximum absolute atomic E-state index is 12.8. The van der Waals surface area contributed by atoms with Gasteiger partial charge in [0.2, 0.25) is 11.8 Å². The molecule has 0 fully saturated rings. The molecular weight excluding hydrogens is 485 g/mol. The summed E-state index contributed by atoms with van der Waals surface area (Å²) >= 11 is 11.6. The monoisotopic (exact) mass is 500 g/mol. The maximum Gasteiger partial charge on any atom is 0.416 e. The zero-order valence-corrected chi connectivity index (χ0v) is 17.6. The third kappa shape index (κ3) is 7.59. The van der Waals surface area contributed by atoms with Gasteiger partial charge < -0.3 is 10.6 Å². The quantitative estimate of drug-likeness (QED) is 0.312.